The fourth-order valence-corrected chi connectivity index (χ4v) is 5.59. The maximum absolute atomic E-state index is 12.9. The molecule has 1 amide bonds. The molecule has 2 aliphatic carbocycles. The minimum absolute atomic E-state index is 0.270. The summed E-state index contributed by atoms with van der Waals surface area (Å²) < 4.78 is 3.86. The number of hydrogen-bond acceptors (Lipinski definition) is 3. The van der Waals surface area contributed by atoms with E-state index in [1.165, 1.54) is 45.2 Å². The predicted molar refractivity (Wildman–Crippen MR) is 94.0 cm³/mol. The van der Waals surface area contributed by atoms with E-state index in [1.807, 2.05) is 0 Å². The minimum Gasteiger partial charge on any atom is -0.335 e. The van der Waals surface area contributed by atoms with Crippen molar-refractivity contribution >= 4 is 48.1 Å². The molecular formula is C18H17NOS2. The number of carbonyl (C=O) groups excluding carboxylic acids is 1. The predicted octanol–water partition coefficient (Wildman–Crippen LogP) is 5.13. The molecule has 2 fully saturated rings. The number of nitrogens with zero attached hydrogens (tertiary/aromatic N) is 1. The third kappa shape index (κ3) is 2.17. The summed E-state index contributed by atoms with van der Waals surface area (Å²) in [7, 11) is 0. The summed E-state index contributed by atoms with van der Waals surface area (Å²) in [4.78, 5) is 16.0. The van der Waals surface area contributed by atoms with Gasteiger partial charge in [-0.25, -0.2) is 0 Å². The van der Waals surface area contributed by atoms with Gasteiger partial charge in [-0.3, -0.25) is 4.79 Å². The van der Waals surface area contributed by atoms with Gasteiger partial charge in [0.15, 0.2) is 0 Å². The van der Waals surface area contributed by atoms with E-state index in [0.717, 1.165) is 17.3 Å². The standard InChI is InChI=1S/C18H17NOS2/c20-18(19(12-7-8-12)10-11-5-6-11)16-9-15-17(22-16)13-3-1-2-4-14(13)21-15/h1-4,9,11-12H,5-8,10H2. The van der Waals surface area contributed by atoms with Crippen molar-refractivity contribution in [3.8, 4) is 0 Å². The molecule has 0 unspecified atom stereocenters. The summed E-state index contributed by atoms with van der Waals surface area (Å²) in [6.07, 6.45) is 5.00. The lowest BCUT2D eigenvalue weighted by molar-refractivity contribution is 0.0740. The molecule has 0 bridgehead atoms. The van der Waals surface area contributed by atoms with Crippen LogP contribution < -0.4 is 0 Å². The van der Waals surface area contributed by atoms with Crippen LogP contribution in [0.3, 0.4) is 0 Å². The number of thiophene rings is 2. The van der Waals surface area contributed by atoms with E-state index in [2.05, 4.69) is 35.2 Å². The fraction of sp³-hybridized carbons (Fsp3) is 0.389. The van der Waals surface area contributed by atoms with Crippen molar-refractivity contribution in [3.63, 3.8) is 0 Å². The van der Waals surface area contributed by atoms with Gasteiger partial charge in [0.1, 0.15) is 0 Å². The van der Waals surface area contributed by atoms with Gasteiger partial charge in [0, 0.05) is 27.4 Å². The first-order valence-electron chi connectivity index (χ1n) is 8.01. The van der Waals surface area contributed by atoms with Crippen molar-refractivity contribution in [2.45, 2.75) is 31.7 Å². The molecule has 2 heterocycles. The van der Waals surface area contributed by atoms with E-state index in [-0.39, 0.29) is 5.91 Å². The molecule has 2 aliphatic rings. The van der Waals surface area contributed by atoms with Crippen molar-refractivity contribution < 1.29 is 4.79 Å². The molecule has 0 radical (unpaired) electrons. The third-order valence-electron chi connectivity index (χ3n) is 4.66. The largest absolute Gasteiger partial charge is 0.335 e. The lowest BCUT2D eigenvalue weighted by Gasteiger charge is -2.21. The van der Waals surface area contributed by atoms with Gasteiger partial charge in [0.2, 0.25) is 0 Å². The van der Waals surface area contributed by atoms with Gasteiger partial charge >= 0.3 is 0 Å². The van der Waals surface area contributed by atoms with Crippen LogP contribution >= 0.6 is 22.7 Å². The number of hydrogen-bond donors (Lipinski definition) is 0. The number of amides is 1. The maximum atomic E-state index is 12.9. The summed E-state index contributed by atoms with van der Waals surface area (Å²) >= 11 is 3.48. The SMILES string of the molecule is O=C(c1cc2sc3ccccc3c2s1)N(CC1CC1)C1CC1. The second kappa shape index (κ2) is 4.80. The lowest BCUT2D eigenvalue weighted by Crippen LogP contribution is -2.34. The molecule has 0 N–H and O–H groups in total. The van der Waals surface area contributed by atoms with Crippen molar-refractivity contribution in [1.82, 2.24) is 4.90 Å². The molecule has 1 aromatic carbocycles. The monoisotopic (exact) mass is 327 g/mol. The van der Waals surface area contributed by atoms with Gasteiger partial charge in [-0.15, -0.1) is 22.7 Å². The van der Waals surface area contributed by atoms with Gasteiger partial charge in [-0.2, -0.15) is 0 Å². The van der Waals surface area contributed by atoms with Gasteiger partial charge in [0.05, 0.1) is 9.58 Å². The summed E-state index contributed by atoms with van der Waals surface area (Å²) in [5, 5.41) is 1.30. The van der Waals surface area contributed by atoms with E-state index in [1.54, 1.807) is 22.7 Å². The van der Waals surface area contributed by atoms with E-state index < -0.39 is 0 Å². The van der Waals surface area contributed by atoms with Gasteiger partial charge in [-0.05, 0) is 43.7 Å². The second-order valence-electron chi connectivity index (χ2n) is 6.53. The summed E-state index contributed by atoms with van der Waals surface area (Å²) in [5.41, 5.74) is 0. The maximum Gasteiger partial charge on any atom is 0.264 e. The smallest absolute Gasteiger partial charge is 0.264 e. The van der Waals surface area contributed by atoms with Gasteiger partial charge < -0.3 is 4.90 Å². The number of rotatable bonds is 4. The first kappa shape index (κ1) is 13.1. The van der Waals surface area contributed by atoms with Crippen LogP contribution in [0.25, 0.3) is 19.5 Å². The van der Waals surface area contributed by atoms with Crippen LogP contribution in [0.5, 0.6) is 0 Å². The molecule has 5 rings (SSSR count). The Labute approximate surface area is 137 Å². The highest BCUT2D eigenvalue weighted by atomic mass is 32.1. The Balaban J connectivity index is 1.52. The Bertz CT molecular complexity index is 870. The van der Waals surface area contributed by atoms with Crippen LogP contribution in [0.1, 0.15) is 35.4 Å². The fourth-order valence-electron chi connectivity index (χ4n) is 3.11. The Morgan fingerprint density at radius 2 is 1.91 bits per heavy atom. The molecule has 2 saturated carbocycles. The highest BCUT2D eigenvalue weighted by Gasteiger charge is 2.37. The second-order valence-corrected chi connectivity index (χ2v) is 8.67. The summed E-state index contributed by atoms with van der Waals surface area (Å²) in [6.45, 7) is 0.982. The summed E-state index contributed by atoms with van der Waals surface area (Å²) in [6, 6.07) is 11.1. The van der Waals surface area contributed by atoms with Crippen LogP contribution in [0.15, 0.2) is 30.3 Å². The van der Waals surface area contributed by atoms with Crippen LogP contribution in [0.2, 0.25) is 0 Å². The number of fused-ring (bicyclic) bond motifs is 3. The molecule has 0 aliphatic heterocycles. The van der Waals surface area contributed by atoms with Gasteiger partial charge in [0.25, 0.3) is 5.91 Å². The molecule has 0 spiro atoms. The van der Waals surface area contributed by atoms with Crippen molar-refractivity contribution in [2.24, 2.45) is 5.92 Å². The zero-order valence-electron chi connectivity index (χ0n) is 12.2. The van der Waals surface area contributed by atoms with E-state index in [4.69, 9.17) is 0 Å². The Kier molecular flexibility index (Phi) is 2.86. The van der Waals surface area contributed by atoms with Crippen LogP contribution in [-0.2, 0) is 0 Å². The average Bonchev–Trinajstić information content (AvgIpc) is 3.43. The molecule has 0 atom stereocenters. The average molecular weight is 327 g/mol. The molecule has 2 aromatic heterocycles. The van der Waals surface area contributed by atoms with Crippen LogP contribution in [0, 0.1) is 5.92 Å². The Morgan fingerprint density at radius 1 is 1.09 bits per heavy atom. The molecule has 4 heteroatoms. The molecule has 2 nitrogen and oxygen atoms in total. The van der Waals surface area contributed by atoms with Crippen LogP contribution in [-0.4, -0.2) is 23.4 Å². The number of carbonyl (C=O) groups is 1. The highest BCUT2D eigenvalue weighted by Crippen LogP contribution is 2.41. The Hall–Kier alpha value is -1.39. The molecule has 22 heavy (non-hydrogen) atoms. The van der Waals surface area contributed by atoms with E-state index >= 15 is 0 Å². The normalized spacial score (nSPS) is 18.2. The molecular weight excluding hydrogens is 310 g/mol. The molecule has 112 valence electrons. The highest BCUT2D eigenvalue weighted by molar-refractivity contribution is 7.33. The quantitative estimate of drug-likeness (QED) is 0.650. The van der Waals surface area contributed by atoms with Gasteiger partial charge in [-0.1, -0.05) is 18.2 Å². The Morgan fingerprint density at radius 3 is 2.68 bits per heavy atom. The zero-order valence-corrected chi connectivity index (χ0v) is 13.9. The molecule has 3 aromatic rings. The first-order chi connectivity index (χ1) is 10.8. The first-order valence-corrected chi connectivity index (χ1v) is 9.65. The van der Waals surface area contributed by atoms with Crippen molar-refractivity contribution in [2.75, 3.05) is 6.54 Å². The lowest BCUT2D eigenvalue weighted by atomic mass is 10.2. The van der Waals surface area contributed by atoms with Crippen LogP contribution in [0.4, 0.5) is 0 Å². The number of benzene rings is 1. The van der Waals surface area contributed by atoms with Crippen molar-refractivity contribution in [1.29, 1.82) is 0 Å². The topological polar surface area (TPSA) is 20.3 Å². The zero-order chi connectivity index (χ0) is 14.7. The van der Waals surface area contributed by atoms with Crippen molar-refractivity contribution in [3.05, 3.63) is 35.2 Å². The molecule has 0 saturated heterocycles. The third-order valence-corrected chi connectivity index (χ3v) is 7.06. The minimum atomic E-state index is 0.270. The summed E-state index contributed by atoms with van der Waals surface area (Å²) in [5.74, 6) is 1.04. The van der Waals surface area contributed by atoms with E-state index in [9.17, 15) is 4.79 Å². The van der Waals surface area contributed by atoms with E-state index in [0.29, 0.717) is 6.04 Å².